The Morgan fingerprint density at radius 1 is 1.12 bits per heavy atom. The quantitative estimate of drug-likeness (QED) is 0.815. The van der Waals surface area contributed by atoms with E-state index in [0.29, 0.717) is 26.2 Å². The highest BCUT2D eigenvalue weighted by Gasteiger charge is 2.30. The average Bonchev–Trinajstić information content (AvgIpc) is 2.99. The zero-order chi connectivity index (χ0) is 17.2. The van der Waals surface area contributed by atoms with Crippen molar-refractivity contribution in [1.29, 1.82) is 0 Å². The number of benzene rings is 1. The summed E-state index contributed by atoms with van der Waals surface area (Å²) in [4.78, 5) is 6.16. The van der Waals surface area contributed by atoms with E-state index in [9.17, 15) is 12.8 Å². The van der Waals surface area contributed by atoms with E-state index in [0.717, 1.165) is 18.9 Å². The van der Waals surface area contributed by atoms with Gasteiger partial charge in [-0.05, 0) is 19.1 Å². The van der Waals surface area contributed by atoms with Gasteiger partial charge in [0.05, 0.1) is 0 Å². The molecule has 8 heteroatoms. The van der Waals surface area contributed by atoms with E-state index >= 15 is 0 Å². The Morgan fingerprint density at radius 3 is 2.46 bits per heavy atom. The van der Waals surface area contributed by atoms with Crippen molar-refractivity contribution in [3.63, 3.8) is 0 Å². The summed E-state index contributed by atoms with van der Waals surface area (Å²) in [5, 5.41) is 0. The molecule has 0 aliphatic carbocycles. The van der Waals surface area contributed by atoms with E-state index in [1.807, 2.05) is 13.1 Å². The van der Waals surface area contributed by atoms with Gasteiger partial charge in [-0.3, -0.25) is 4.90 Å². The summed E-state index contributed by atoms with van der Waals surface area (Å²) < 4.78 is 42.4. The monoisotopic (exact) mass is 352 g/mol. The van der Waals surface area contributed by atoms with E-state index in [4.69, 9.17) is 0 Å². The Labute approximate surface area is 141 Å². The summed E-state index contributed by atoms with van der Waals surface area (Å²) >= 11 is 0. The minimum atomic E-state index is -3.76. The molecular formula is C16H21FN4O2S. The number of hydrogen-bond donors (Lipinski definition) is 0. The molecule has 2 heterocycles. The summed E-state index contributed by atoms with van der Waals surface area (Å²) in [5.74, 6) is 0.270. The van der Waals surface area contributed by atoms with Crippen LogP contribution in [0.15, 0.2) is 41.6 Å². The molecule has 2 aromatic rings. The molecule has 6 nitrogen and oxygen atoms in total. The normalized spacial score (nSPS) is 17.2. The lowest BCUT2D eigenvalue weighted by molar-refractivity contribution is 0.182. The maximum atomic E-state index is 13.8. The second kappa shape index (κ2) is 7.00. The first kappa shape index (κ1) is 17.1. The number of halogens is 1. The number of rotatable bonds is 5. The van der Waals surface area contributed by atoms with Gasteiger partial charge < -0.3 is 4.57 Å². The topological polar surface area (TPSA) is 58.4 Å². The van der Waals surface area contributed by atoms with E-state index in [1.54, 1.807) is 12.3 Å². The molecule has 0 amide bonds. The summed E-state index contributed by atoms with van der Waals surface area (Å²) in [6, 6.07) is 5.53. The van der Waals surface area contributed by atoms with Crippen LogP contribution in [0.25, 0.3) is 0 Å². The van der Waals surface area contributed by atoms with Crippen LogP contribution in [0.5, 0.6) is 0 Å². The zero-order valence-corrected chi connectivity index (χ0v) is 14.4. The van der Waals surface area contributed by atoms with Gasteiger partial charge in [-0.2, -0.15) is 4.31 Å². The van der Waals surface area contributed by atoms with Gasteiger partial charge in [0.1, 0.15) is 16.5 Å². The Balaban J connectivity index is 1.59. The van der Waals surface area contributed by atoms with Gasteiger partial charge >= 0.3 is 0 Å². The van der Waals surface area contributed by atoms with Crippen molar-refractivity contribution in [3.05, 3.63) is 48.3 Å². The molecule has 1 saturated heterocycles. The smallest absolute Gasteiger partial charge is 0.246 e. The molecule has 3 rings (SSSR count). The van der Waals surface area contributed by atoms with Crippen molar-refractivity contribution < 1.29 is 12.8 Å². The molecular weight excluding hydrogens is 331 g/mol. The third-order valence-electron chi connectivity index (χ3n) is 4.37. The highest BCUT2D eigenvalue weighted by atomic mass is 32.2. The van der Waals surface area contributed by atoms with Crippen molar-refractivity contribution in [2.45, 2.75) is 18.4 Å². The van der Waals surface area contributed by atoms with Crippen LogP contribution in [0.3, 0.4) is 0 Å². The van der Waals surface area contributed by atoms with E-state index in [-0.39, 0.29) is 4.90 Å². The second-order valence-electron chi connectivity index (χ2n) is 5.84. The van der Waals surface area contributed by atoms with Gasteiger partial charge in [-0.1, -0.05) is 12.1 Å². The lowest BCUT2D eigenvalue weighted by Crippen LogP contribution is -2.49. The predicted molar refractivity (Wildman–Crippen MR) is 88.6 cm³/mol. The molecule has 0 atom stereocenters. The first-order valence-electron chi connectivity index (χ1n) is 7.93. The minimum absolute atomic E-state index is 0.243. The number of nitrogens with zero attached hydrogens (tertiary/aromatic N) is 4. The van der Waals surface area contributed by atoms with Crippen LogP contribution in [0.1, 0.15) is 5.82 Å². The van der Waals surface area contributed by atoms with Gasteiger partial charge in [0.2, 0.25) is 10.0 Å². The summed E-state index contributed by atoms with van der Waals surface area (Å²) in [7, 11) is -3.76. The Kier molecular flexibility index (Phi) is 4.98. The fourth-order valence-electron chi connectivity index (χ4n) is 2.88. The van der Waals surface area contributed by atoms with Crippen LogP contribution in [0.2, 0.25) is 0 Å². The summed E-state index contributed by atoms with van der Waals surface area (Å²) in [6.45, 7) is 5.65. The first-order chi connectivity index (χ1) is 11.5. The molecule has 1 aromatic heterocycles. The Hall–Kier alpha value is -1.77. The SMILES string of the molecule is Cc1nccn1CCN1CCN(S(=O)(=O)c2ccccc2F)CC1. The van der Waals surface area contributed by atoms with Crippen LogP contribution in [-0.4, -0.2) is 59.9 Å². The molecule has 0 spiro atoms. The van der Waals surface area contributed by atoms with Gasteiger partial charge in [0.15, 0.2) is 0 Å². The molecule has 130 valence electrons. The fraction of sp³-hybridized carbons (Fsp3) is 0.438. The maximum absolute atomic E-state index is 13.8. The highest BCUT2D eigenvalue weighted by molar-refractivity contribution is 7.89. The van der Waals surface area contributed by atoms with Crippen molar-refractivity contribution >= 4 is 10.0 Å². The van der Waals surface area contributed by atoms with Gasteiger partial charge in [-0.15, -0.1) is 0 Å². The van der Waals surface area contributed by atoms with Crippen LogP contribution in [0, 0.1) is 12.7 Å². The standard InChI is InChI=1S/C16H21FN4O2S/c1-14-18-6-7-20(14)11-8-19-9-12-21(13-10-19)24(22,23)16-5-3-2-4-15(16)17/h2-7H,8-13H2,1H3. The zero-order valence-electron chi connectivity index (χ0n) is 13.6. The van der Waals surface area contributed by atoms with Gasteiger partial charge in [0, 0.05) is 51.7 Å². The predicted octanol–water partition coefficient (Wildman–Crippen LogP) is 1.34. The number of imidazole rings is 1. The Bertz CT molecular complexity index is 798. The summed E-state index contributed by atoms with van der Waals surface area (Å²) in [5.41, 5.74) is 0. The van der Waals surface area contributed by atoms with Crippen molar-refractivity contribution in [3.8, 4) is 0 Å². The van der Waals surface area contributed by atoms with Crippen molar-refractivity contribution in [2.24, 2.45) is 0 Å². The van der Waals surface area contributed by atoms with E-state index in [1.165, 1.54) is 22.5 Å². The van der Waals surface area contributed by atoms with Gasteiger partial charge in [-0.25, -0.2) is 17.8 Å². The first-order valence-corrected chi connectivity index (χ1v) is 9.37. The molecule has 1 aromatic carbocycles. The lowest BCUT2D eigenvalue weighted by Gasteiger charge is -2.34. The molecule has 1 aliphatic heterocycles. The number of piperazine rings is 1. The van der Waals surface area contributed by atoms with E-state index in [2.05, 4.69) is 14.5 Å². The number of sulfonamides is 1. The third-order valence-corrected chi connectivity index (χ3v) is 6.30. The number of aryl methyl sites for hydroxylation is 1. The maximum Gasteiger partial charge on any atom is 0.246 e. The fourth-order valence-corrected chi connectivity index (χ4v) is 4.36. The van der Waals surface area contributed by atoms with Crippen molar-refractivity contribution in [1.82, 2.24) is 18.8 Å². The van der Waals surface area contributed by atoms with Crippen molar-refractivity contribution in [2.75, 3.05) is 32.7 Å². The molecule has 24 heavy (non-hydrogen) atoms. The molecule has 1 aliphatic rings. The molecule has 0 N–H and O–H groups in total. The number of aromatic nitrogens is 2. The Morgan fingerprint density at radius 2 is 1.83 bits per heavy atom. The van der Waals surface area contributed by atoms with Crippen LogP contribution < -0.4 is 0 Å². The largest absolute Gasteiger partial charge is 0.334 e. The third kappa shape index (κ3) is 3.50. The molecule has 0 bridgehead atoms. The van der Waals surface area contributed by atoms with E-state index < -0.39 is 15.8 Å². The van der Waals surface area contributed by atoms with Crippen LogP contribution in [-0.2, 0) is 16.6 Å². The van der Waals surface area contributed by atoms with Crippen LogP contribution in [0.4, 0.5) is 4.39 Å². The minimum Gasteiger partial charge on any atom is -0.334 e. The second-order valence-corrected chi connectivity index (χ2v) is 7.75. The van der Waals surface area contributed by atoms with Gasteiger partial charge in [0.25, 0.3) is 0 Å². The molecule has 0 unspecified atom stereocenters. The molecule has 0 saturated carbocycles. The highest BCUT2D eigenvalue weighted by Crippen LogP contribution is 2.20. The van der Waals surface area contributed by atoms with Crippen LogP contribution >= 0.6 is 0 Å². The average molecular weight is 352 g/mol. The lowest BCUT2D eigenvalue weighted by atomic mass is 10.3. The number of hydrogen-bond acceptors (Lipinski definition) is 4. The molecule has 1 fully saturated rings. The summed E-state index contributed by atoms with van der Waals surface area (Å²) in [6.07, 6.45) is 3.71. The molecule has 0 radical (unpaired) electrons.